The van der Waals surface area contributed by atoms with Crippen LogP contribution in [0.1, 0.15) is 5.69 Å². The molecule has 0 bridgehead atoms. The molecule has 16 heavy (non-hydrogen) atoms. The van der Waals surface area contributed by atoms with Crippen LogP contribution in [0.3, 0.4) is 0 Å². The van der Waals surface area contributed by atoms with E-state index in [1.807, 2.05) is 12.1 Å². The number of carbonyl (C=O) groups is 1. The maximum atomic E-state index is 10.8. The lowest BCUT2D eigenvalue weighted by Crippen LogP contribution is -2.28. The molecule has 0 aromatic carbocycles. The fourth-order valence-corrected chi connectivity index (χ4v) is 1.39. The Morgan fingerprint density at radius 1 is 1.62 bits per heavy atom. The maximum Gasteiger partial charge on any atom is 0.324 e. The SMILES string of the molecule is CNC(=O)NSCCOCc1cccnn1. The van der Waals surface area contributed by atoms with Crippen molar-refractivity contribution in [2.45, 2.75) is 6.61 Å². The van der Waals surface area contributed by atoms with E-state index in [9.17, 15) is 4.79 Å². The predicted octanol–water partition coefficient (Wildman–Crippen LogP) is 0.570. The van der Waals surface area contributed by atoms with Gasteiger partial charge in [-0.15, -0.1) is 0 Å². The number of urea groups is 1. The minimum absolute atomic E-state index is 0.209. The minimum atomic E-state index is -0.209. The summed E-state index contributed by atoms with van der Waals surface area (Å²) in [7, 11) is 1.57. The molecule has 1 heterocycles. The van der Waals surface area contributed by atoms with Crippen LogP contribution in [0.4, 0.5) is 4.79 Å². The molecule has 0 radical (unpaired) electrons. The molecule has 88 valence electrons. The van der Waals surface area contributed by atoms with Crippen LogP contribution in [0.25, 0.3) is 0 Å². The van der Waals surface area contributed by atoms with Crippen molar-refractivity contribution in [1.29, 1.82) is 0 Å². The van der Waals surface area contributed by atoms with Gasteiger partial charge in [0.2, 0.25) is 0 Å². The Morgan fingerprint density at radius 2 is 2.50 bits per heavy atom. The molecule has 0 aliphatic heterocycles. The molecule has 7 heteroatoms. The van der Waals surface area contributed by atoms with Crippen molar-refractivity contribution in [2.75, 3.05) is 19.4 Å². The van der Waals surface area contributed by atoms with Gasteiger partial charge in [-0.05, 0) is 24.1 Å². The molecule has 0 saturated carbocycles. The van der Waals surface area contributed by atoms with Gasteiger partial charge < -0.3 is 10.1 Å². The minimum Gasteiger partial charge on any atom is -0.374 e. The van der Waals surface area contributed by atoms with Crippen LogP contribution in [0, 0.1) is 0 Å². The number of hydrogen-bond donors (Lipinski definition) is 2. The van der Waals surface area contributed by atoms with Gasteiger partial charge in [0, 0.05) is 19.0 Å². The number of nitrogens with one attached hydrogen (secondary N) is 2. The molecule has 6 nitrogen and oxygen atoms in total. The first-order valence-electron chi connectivity index (χ1n) is 4.76. The Kier molecular flexibility index (Phi) is 6.28. The highest BCUT2D eigenvalue weighted by Crippen LogP contribution is 1.97. The van der Waals surface area contributed by atoms with Crippen LogP contribution >= 0.6 is 11.9 Å². The number of hydrogen-bond acceptors (Lipinski definition) is 5. The molecule has 0 unspecified atom stereocenters. The average Bonchev–Trinajstić information content (AvgIpc) is 2.34. The zero-order valence-corrected chi connectivity index (χ0v) is 9.79. The summed E-state index contributed by atoms with van der Waals surface area (Å²) in [5, 5.41) is 10.1. The summed E-state index contributed by atoms with van der Waals surface area (Å²) >= 11 is 1.30. The van der Waals surface area contributed by atoms with E-state index in [1.165, 1.54) is 11.9 Å². The zero-order chi connectivity index (χ0) is 11.6. The summed E-state index contributed by atoms with van der Waals surface area (Å²) in [6.45, 7) is 0.986. The van der Waals surface area contributed by atoms with E-state index in [4.69, 9.17) is 4.74 Å². The van der Waals surface area contributed by atoms with Crippen LogP contribution in [0.2, 0.25) is 0 Å². The molecule has 0 aliphatic rings. The van der Waals surface area contributed by atoms with E-state index in [2.05, 4.69) is 20.2 Å². The fourth-order valence-electron chi connectivity index (χ4n) is 0.855. The molecule has 1 aromatic heterocycles. The number of ether oxygens (including phenoxy) is 1. The lowest BCUT2D eigenvalue weighted by Gasteiger charge is -2.04. The van der Waals surface area contributed by atoms with Gasteiger partial charge >= 0.3 is 6.03 Å². The normalized spacial score (nSPS) is 9.81. The molecule has 0 fully saturated rings. The number of amides is 2. The largest absolute Gasteiger partial charge is 0.374 e. The number of rotatable bonds is 6. The Balaban J connectivity index is 1.98. The van der Waals surface area contributed by atoms with E-state index >= 15 is 0 Å². The van der Waals surface area contributed by atoms with Crippen molar-refractivity contribution in [2.24, 2.45) is 0 Å². The van der Waals surface area contributed by atoms with E-state index < -0.39 is 0 Å². The Labute approximate surface area is 98.3 Å². The van der Waals surface area contributed by atoms with E-state index in [-0.39, 0.29) is 6.03 Å². The van der Waals surface area contributed by atoms with Crippen LogP contribution in [0.5, 0.6) is 0 Å². The first-order chi connectivity index (χ1) is 7.83. The third-order valence-electron chi connectivity index (χ3n) is 1.60. The molecule has 2 amide bonds. The van der Waals surface area contributed by atoms with Gasteiger partial charge in [0.15, 0.2) is 0 Å². The fraction of sp³-hybridized carbons (Fsp3) is 0.444. The smallest absolute Gasteiger partial charge is 0.324 e. The van der Waals surface area contributed by atoms with Crippen LogP contribution < -0.4 is 10.0 Å². The third kappa shape index (κ3) is 5.52. The van der Waals surface area contributed by atoms with Gasteiger partial charge in [0.05, 0.1) is 18.9 Å². The molecule has 2 N–H and O–H groups in total. The Morgan fingerprint density at radius 3 is 3.19 bits per heavy atom. The highest BCUT2D eigenvalue weighted by molar-refractivity contribution is 7.97. The molecular weight excluding hydrogens is 228 g/mol. The van der Waals surface area contributed by atoms with Crippen molar-refractivity contribution in [3.8, 4) is 0 Å². The summed E-state index contributed by atoms with van der Waals surface area (Å²) in [5.74, 6) is 0.688. The van der Waals surface area contributed by atoms with E-state index in [0.717, 1.165) is 5.69 Å². The lowest BCUT2D eigenvalue weighted by molar-refractivity contribution is 0.133. The quantitative estimate of drug-likeness (QED) is 0.563. The number of carbonyl (C=O) groups excluding carboxylic acids is 1. The number of nitrogens with zero attached hydrogens (tertiary/aromatic N) is 2. The van der Waals surface area contributed by atoms with Gasteiger partial charge in [-0.25, -0.2) is 4.79 Å². The van der Waals surface area contributed by atoms with Gasteiger partial charge in [-0.2, -0.15) is 10.2 Å². The predicted molar refractivity (Wildman–Crippen MR) is 61.7 cm³/mol. The summed E-state index contributed by atoms with van der Waals surface area (Å²) in [5.41, 5.74) is 0.798. The molecule has 0 atom stereocenters. The maximum absolute atomic E-state index is 10.8. The topological polar surface area (TPSA) is 76.1 Å². The Bertz CT molecular complexity index is 310. The summed E-state index contributed by atoms with van der Waals surface area (Å²) < 4.78 is 7.93. The van der Waals surface area contributed by atoms with Gasteiger partial charge in [-0.1, -0.05) is 0 Å². The second-order valence-corrected chi connectivity index (χ2v) is 3.70. The standard InChI is InChI=1S/C9H14N4O2S/c1-10-9(14)13-16-6-5-15-7-8-3-2-4-11-12-8/h2-4H,5-7H2,1H3,(H2,10,13,14). The van der Waals surface area contributed by atoms with Crippen molar-refractivity contribution in [3.05, 3.63) is 24.0 Å². The molecule has 1 aromatic rings. The van der Waals surface area contributed by atoms with Crippen molar-refractivity contribution < 1.29 is 9.53 Å². The van der Waals surface area contributed by atoms with Crippen molar-refractivity contribution >= 4 is 18.0 Å². The summed E-state index contributed by atoms with van der Waals surface area (Å²) in [6.07, 6.45) is 1.62. The summed E-state index contributed by atoms with van der Waals surface area (Å²) in [4.78, 5) is 10.8. The van der Waals surface area contributed by atoms with E-state index in [1.54, 1.807) is 13.2 Å². The molecule has 0 spiro atoms. The second kappa shape index (κ2) is 7.89. The lowest BCUT2D eigenvalue weighted by atomic mass is 10.4. The molecule has 0 saturated heterocycles. The van der Waals surface area contributed by atoms with Crippen molar-refractivity contribution in [3.63, 3.8) is 0 Å². The third-order valence-corrected chi connectivity index (χ3v) is 2.30. The van der Waals surface area contributed by atoms with Crippen LogP contribution in [0.15, 0.2) is 18.3 Å². The average molecular weight is 242 g/mol. The van der Waals surface area contributed by atoms with Crippen molar-refractivity contribution in [1.82, 2.24) is 20.2 Å². The van der Waals surface area contributed by atoms with Crippen LogP contribution in [-0.2, 0) is 11.3 Å². The Hall–Kier alpha value is -1.34. The highest BCUT2D eigenvalue weighted by atomic mass is 32.2. The van der Waals surface area contributed by atoms with Gasteiger partial charge in [0.1, 0.15) is 0 Å². The summed E-state index contributed by atoms with van der Waals surface area (Å²) in [6, 6.07) is 3.45. The number of aromatic nitrogens is 2. The molecular formula is C9H14N4O2S. The second-order valence-electron chi connectivity index (χ2n) is 2.80. The highest BCUT2D eigenvalue weighted by Gasteiger charge is 1.96. The zero-order valence-electron chi connectivity index (χ0n) is 8.97. The van der Waals surface area contributed by atoms with Crippen LogP contribution in [-0.4, -0.2) is 35.6 Å². The first kappa shape index (κ1) is 12.7. The van der Waals surface area contributed by atoms with E-state index in [0.29, 0.717) is 19.0 Å². The first-order valence-corrected chi connectivity index (χ1v) is 5.75. The monoisotopic (exact) mass is 242 g/mol. The molecule has 1 rings (SSSR count). The molecule has 0 aliphatic carbocycles. The van der Waals surface area contributed by atoms with Gasteiger partial charge in [-0.3, -0.25) is 4.72 Å². The van der Waals surface area contributed by atoms with Gasteiger partial charge in [0.25, 0.3) is 0 Å².